The Kier molecular flexibility index (Phi) is 4.50. The predicted molar refractivity (Wildman–Crippen MR) is 77.2 cm³/mol. The molecular formula is C15H18FN3O. The molecule has 5 heteroatoms. The third kappa shape index (κ3) is 3.04. The molecule has 2 aromatic rings. The van der Waals surface area contributed by atoms with Gasteiger partial charge in [-0.15, -0.1) is 0 Å². The first-order valence-electron chi connectivity index (χ1n) is 6.70. The van der Waals surface area contributed by atoms with Gasteiger partial charge in [0.25, 0.3) is 5.56 Å². The highest BCUT2D eigenvalue weighted by Crippen LogP contribution is 2.18. The van der Waals surface area contributed by atoms with Gasteiger partial charge < -0.3 is 9.88 Å². The second-order valence-electron chi connectivity index (χ2n) is 4.66. The highest BCUT2D eigenvalue weighted by molar-refractivity contribution is 5.36. The van der Waals surface area contributed by atoms with Crippen molar-refractivity contribution in [2.24, 2.45) is 0 Å². The van der Waals surface area contributed by atoms with E-state index in [1.807, 2.05) is 6.92 Å². The number of nitrogens with one attached hydrogen (secondary N) is 1. The number of rotatable bonds is 5. The lowest BCUT2D eigenvalue weighted by molar-refractivity contribution is 0.599. The summed E-state index contributed by atoms with van der Waals surface area (Å²) >= 11 is 0. The lowest BCUT2D eigenvalue weighted by atomic mass is 10.1. The molecule has 0 saturated heterocycles. The van der Waals surface area contributed by atoms with Crippen LogP contribution in [0.2, 0.25) is 0 Å². The molecule has 0 radical (unpaired) electrons. The van der Waals surface area contributed by atoms with Crippen LogP contribution in [0.3, 0.4) is 0 Å². The molecule has 0 fully saturated rings. The Morgan fingerprint density at radius 1 is 1.40 bits per heavy atom. The molecule has 0 spiro atoms. The standard InChI is InChI=1S/C15H18FN3O/c1-3-9-19-10-8-17-14(15(19)20)18-11(2)12-6-4-5-7-13(12)16/h4-8,10-11H,3,9H2,1-2H3,(H,17,18). The average molecular weight is 275 g/mol. The predicted octanol–water partition coefficient (Wildman–Crippen LogP) is 2.97. The van der Waals surface area contributed by atoms with E-state index >= 15 is 0 Å². The Morgan fingerprint density at radius 3 is 2.85 bits per heavy atom. The number of aromatic nitrogens is 2. The Morgan fingerprint density at radius 2 is 2.15 bits per heavy atom. The molecule has 1 aromatic carbocycles. The van der Waals surface area contributed by atoms with Gasteiger partial charge in [0.05, 0.1) is 6.04 Å². The zero-order valence-corrected chi connectivity index (χ0v) is 11.6. The second-order valence-corrected chi connectivity index (χ2v) is 4.66. The maximum absolute atomic E-state index is 13.7. The van der Waals surface area contributed by atoms with Crippen molar-refractivity contribution in [1.82, 2.24) is 9.55 Å². The number of hydrogen-bond acceptors (Lipinski definition) is 3. The summed E-state index contributed by atoms with van der Waals surface area (Å²) in [7, 11) is 0. The van der Waals surface area contributed by atoms with E-state index in [-0.39, 0.29) is 23.2 Å². The Balaban J connectivity index is 2.24. The summed E-state index contributed by atoms with van der Waals surface area (Å²) < 4.78 is 15.3. The van der Waals surface area contributed by atoms with Crippen molar-refractivity contribution in [1.29, 1.82) is 0 Å². The molecule has 20 heavy (non-hydrogen) atoms. The molecule has 1 unspecified atom stereocenters. The van der Waals surface area contributed by atoms with Gasteiger partial charge in [-0.1, -0.05) is 25.1 Å². The second kappa shape index (κ2) is 6.32. The Labute approximate surface area is 117 Å². The van der Waals surface area contributed by atoms with Gasteiger partial charge in [0.1, 0.15) is 5.82 Å². The highest BCUT2D eigenvalue weighted by atomic mass is 19.1. The summed E-state index contributed by atoms with van der Waals surface area (Å²) in [6.45, 7) is 4.45. The third-order valence-corrected chi connectivity index (χ3v) is 3.10. The van der Waals surface area contributed by atoms with E-state index in [0.29, 0.717) is 12.1 Å². The minimum atomic E-state index is -0.325. The van der Waals surface area contributed by atoms with E-state index in [4.69, 9.17) is 0 Å². The molecule has 1 heterocycles. The van der Waals surface area contributed by atoms with Gasteiger partial charge >= 0.3 is 0 Å². The van der Waals surface area contributed by atoms with Crippen LogP contribution in [0.4, 0.5) is 10.2 Å². The van der Waals surface area contributed by atoms with Gasteiger partial charge in [-0.3, -0.25) is 4.79 Å². The zero-order valence-electron chi connectivity index (χ0n) is 11.6. The van der Waals surface area contributed by atoms with E-state index in [1.54, 1.807) is 42.1 Å². The minimum Gasteiger partial charge on any atom is -0.359 e. The highest BCUT2D eigenvalue weighted by Gasteiger charge is 2.13. The molecule has 1 N–H and O–H groups in total. The number of halogens is 1. The molecule has 2 rings (SSSR count). The fourth-order valence-electron chi connectivity index (χ4n) is 2.07. The van der Waals surface area contributed by atoms with Crippen LogP contribution in [0, 0.1) is 5.82 Å². The number of anilines is 1. The van der Waals surface area contributed by atoms with Gasteiger partial charge in [0.15, 0.2) is 5.82 Å². The van der Waals surface area contributed by atoms with Crippen molar-refractivity contribution in [2.75, 3.05) is 5.32 Å². The summed E-state index contributed by atoms with van der Waals surface area (Å²) in [5, 5.41) is 2.98. The van der Waals surface area contributed by atoms with Crippen molar-refractivity contribution < 1.29 is 4.39 Å². The maximum atomic E-state index is 13.7. The first-order valence-corrected chi connectivity index (χ1v) is 6.70. The monoisotopic (exact) mass is 275 g/mol. The fourth-order valence-corrected chi connectivity index (χ4v) is 2.07. The molecule has 0 aliphatic rings. The summed E-state index contributed by atoms with van der Waals surface area (Å²) in [4.78, 5) is 16.2. The van der Waals surface area contributed by atoms with Crippen molar-refractivity contribution in [3.8, 4) is 0 Å². The lowest BCUT2D eigenvalue weighted by Crippen LogP contribution is -2.25. The molecule has 4 nitrogen and oxygen atoms in total. The van der Waals surface area contributed by atoms with Crippen LogP contribution in [0.1, 0.15) is 31.9 Å². The molecule has 0 saturated carbocycles. The average Bonchev–Trinajstić information content (AvgIpc) is 2.44. The molecule has 0 aliphatic heterocycles. The van der Waals surface area contributed by atoms with Crippen LogP contribution in [-0.2, 0) is 6.54 Å². The van der Waals surface area contributed by atoms with Gasteiger partial charge in [-0.2, -0.15) is 0 Å². The minimum absolute atomic E-state index is 0.183. The van der Waals surface area contributed by atoms with Crippen molar-refractivity contribution in [2.45, 2.75) is 32.9 Å². The van der Waals surface area contributed by atoms with E-state index in [9.17, 15) is 9.18 Å². The van der Waals surface area contributed by atoms with Crippen LogP contribution in [0.5, 0.6) is 0 Å². The molecule has 0 bridgehead atoms. The molecule has 1 atom stereocenters. The number of benzene rings is 1. The molecule has 0 amide bonds. The van der Waals surface area contributed by atoms with Gasteiger partial charge in [-0.05, 0) is 19.4 Å². The first kappa shape index (κ1) is 14.2. The fraction of sp³-hybridized carbons (Fsp3) is 0.333. The first-order chi connectivity index (χ1) is 9.63. The molecule has 0 aliphatic carbocycles. The SMILES string of the molecule is CCCn1ccnc(NC(C)c2ccccc2F)c1=O. The third-order valence-electron chi connectivity index (χ3n) is 3.10. The number of aryl methyl sites for hydroxylation is 1. The van der Waals surface area contributed by atoms with Crippen LogP contribution >= 0.6 is 0 Å². The van der Waals surface area contributed by atoms with Crippen molar-refractivity contribution in [3.05, 3.63) is 58.4 Å². The number of nitrogens with zero attached hydrogens (tertiary/aromatic N) is 2. The van der Waals surface area contributed by atoms with Gasteiger partial charge in [-0.25, -0.2) is 9.37 Å². The molecule has 1 aromatic heterocycles. The van der Waals surface area contributed by atoms with Crippen molar-refractivity contribution in [3.63, 3.8) is 0 Å². The summed E-state index contributed by atoms with van der Waals surface area (Å²) in [5.41, 5.74) is 0.331. The van der Waals surface area contributed by atoms with Gasteiger partial charge in [0, 0.05) is 24.5 Å². The molecule has 106 valence electrons. The van der Waals surface area contributed by atoms with E-state index in [2.05, 4.69) is 10.3 Å². The quantitative estimate of drug-likeness (QED) is 0.912. The zero-order chi connectivity index (χ0) is 14.5. The topological polar surface area (TPSA) is 46.9 Å². The van der Waals surface area contributed by atoms with Crippen LogP contribution in [0.25, 0.3) is 0 Å². The molecular weight excluding hydrogens is 257 g/mol. The largest absolute Gasteiger partial charge is 0.359 e. The number of hydrogen-bond donors (Lipinski definition) is 1. The Bertz CT molecular complexity index is 639. The lowest BCUT2D eigenvalue weighted by Gasteiger charge is -2.15. The smallest absolute Gasteiger partial charge is 0.293 e. The van der Waals surface area contributed by atoms with Crippen LogP contribution in [0.15, 0.2) is 41.5 Å². The van der Waals surface area contributed by atoms with E-state index < -0.39 is 0 Å². The van der Waals surface area contributed by atoms with Gasteiger partial charge in [0.2, 0.25) is 0 Å². The maximum Gasteiger partial charge on any atom is 0.293 e. The normalized spacial score (nSPS) is 12.2. The van der Waals surface area contributed by atoms with E-state index in [0.717, 1.165) is 6.42 Å². The van der Waals surface area contributed by atoms with Crippen LogP contribution < -0.4 is 10.9 Å². The summed E-state index contributed by atoms with van der Waals surface area (Å²) in [5.74, 6) is -0.0472. The van der Waals surface area contributed by atoms with E-state index in [1.165, 1.54) is 6.07 Å². The summed E-state index contributed by atoms with van der Waals surface area (Å²) in [6.07, 6.45) is 4.10. The van der Waals surface area contributed by atoms with Crippen LogP contribution in [-0.4, -0.2) is 9.55 Å². The summed E-state index contributed by atoms with van der Waals surface area (Å²) in [6, 6.07) is 6.18. The Hall–Kier alpha value is -2.17. The van der Waals surface area contributed by atoms with Crippen molar-refractivity contribution >= 4 is 5.82 Å².